The second-order valence-corrected chi connectivity index (χ2v) is 5.99. The van der Waals surface area contributed by atoms with Crippen LogP contribution < -0.4 is 5.56 Å². The summed E-state index contributed by atoms with van der Waals surface area (Å²) in [6.07, 6.45) is 4.97. The van der Waals surface area contributed by atoms with Gasteiger partial charge in [0.05, 0.1) is 5.39 Å². The first-order valence-corrected chi connectivity index (χ1v) is 8.71. The molecule has 25 heavy (non-hydrogen) atoms. The zero-order chi connectivity index (χ0) is 17.6. The average Bonchev–Trinajstić information content (AvgIpc) is 2.66. The van der Waals surface area contributed by atoms with Crippen LogP contribution in [-0.2, 0) is 16.3 Å². The van der Waals surface area contributed by atoms with Crippen molar-refractivity contribution in [2.24, 2.45) is 0 Å². The van der Waals surface area contributed by atoms with Gasteiger partial charge in [-0.2, -0.15) is 4.68 Å². The molecule has 3 aromatic rings. The summed E-state index contributed by atoms with van der Waals surface area (Å²) in [7, 11) is 0. The normalized spacial score (nSPS) is 11.1. The fraction of sp³-hybridized carbons (Fsp3) is 0.111. The second kappa shape index (κ2) is 7.76. The smallest absolute Gasteiger partial charge is 0.332 e. The van der Waals surface area contributed by atoms with E-state index in [0.717, 1.165) is 15.1 Å². The summed E-state index contributed by atoms with van der Waals surface area (Å²) in [5.74, 6) is -0.559. The molecule has 0 saturated heterocycles. The molecule has 2 aromatic carbocycles. The minimum absolute atomic E-state index is 0.286. The molecule has 0 fully saturated rings. The molecule has 6 nitrogen and oxygen atoms in total. The lowest BCUT2D eigenvalue weighted by Gasteiger charge is -2.04. The molecule has 126 valence electrons. The third-order valence-corrected chi connectivity index (χ3v) is 4.23. The molecule has 0 aliphatic heterocycles. The van der Waals surface area contributed by atoms with Crippen molar-refractivity contribution in [1.29, 1.82) is 0 Å². The maximum absolute atomic E-state index is 12.2. The van der Waals surface area contributed by atoms with Crippen LogP contribution in [0.4, 0.5) is 0 Å². The van der Waals surface area contributed by atoms with Gasteiger partial charge in [-0.15, -0.1) is 16.9 Å². The fourth-order valence-electron chi connectivity index (χ4n) is 2.16. The van der Waals surface area contributed by atoms with Crippen LogP contribution in [0.3, 0.4) is 0 Å². The minimum Gasteiger partial charge on any atom is -0.439 e. The molecule has 0 bridgehead atoms. The van der Waals surface area contributed by atoms with Gasteiger partial charge in [-0.05, 0) is 42.2 Å². The van der Waals surface area contributed by atoms with E-state index in [2.05, 4.69) is 10.3 Å². The number of carbonyl (C=O) groups excluding carboxylic acids is 1. The van der Waals surface area contributed by atoms with Gasteiger partial charge >= 0.3 is 5.97 Å². The molecule has 0 radical (unpaired) electrons. The average molecular weight is 353 g/mol. The van der Waals surface area contributed by atoms with Crippen LogP contribution in [0.5, 0.6) is 0 Å². The van der Waals surface area contributed by atoms with Crippen LogP contribution in [0.15, 0.2) is 64.3 Å². The van der Waals surface area contributed by atoms with Gasteiger partial charge in [0.15, 0.2) is 6.73 Å². The Kier molecular flexibility index (Phi) is 5.25. The van der Waals surface area contributed by atoms with Crippen LogP contribution in [-0.4, -0.2) is 27.2 Å². The van der Waals surface area contributed by atoms with Gasteiger partial charge in [0.1, 0.15) is 5.52 Å². The summed E-state index contributed by atoms with van der Waals surface area (Å²) in [4.78, 5) is 25.2. The number of aromatic nitrogens is 3. The van der Waals surface area contributed by atoms with Crippen LogP contribution in [0.25, 0.3) is 17.0 Å². The van der Waals surface area contributed by atoms with E-state index in [1.54, 1.807) is 42.1 Å². The van der Waals surface area contributed by atoms with Gasteiger partial charge in [-0.25, -0.2) is 4.79 Å². The quantitative estimate of drug-likeness (QED) is 0.399. The van der Waals surface area contributed by atoms with E-state index in [4.69, 9.17) is 4.74 Å². The van der Waals surface area contributed by atoms with E-state index in [9.17, 15) is 9.59 Å². The van der Waals surface area contributed by atoms with Gasteiger partial charge in [0.2, 0.25) is 0 Å². The number of ether oxygens (including phenoxy) is 1. The lowest BCUT2D eigenvalue weighted by molar-refractivity contribution is -0.141. The van der Waals surface area contributed by atoms with Crippen LogP contribution in [0.1, 0.15) is 5.56 Å². The third kappa shape index (κ3) is 4.13. The van der Waals surface area contributed by atoms with E-state index < -0.39 is 5.97 Å². The predicted molar refractivity (Wildman–Crippen MR) is 97.1 cm³/mol. The standard InChI is InChI=1S/C18H15N3O3S/c1-25-14-9-6-13(7-10-14)8-11-17(22)24-12-21-18(23)15-4-2-3-5-16(15)19-20-21/h2-11H,12H2,1H3. The van der Waals surface area contributed by atoms with Crippen LogP contribution in [0.2, 0.25) is 0 Å². The summed E-state index contributed by atoms with van der Waals surface area (Å²) < 4.78 is 6.07. The summed E-state index contributed by atoms with van der Waals surface area (Å²) in [5, 5.41) is 8.13. The molecule has 7 heteroatoms. The molecule has 0 spiro atoms. The number of esters is 1. The van der Waals surface area contributed by atoms with Gasteiger partial charge in [0.25, 0.3) is 5.56 Å². The first-order chi connectivity index (χ1) is 12.2. The van der Waals surface area contributed by atoms with Gasteiger partial charge in [-0.3, -0.25) is 4.79 Å². The van der Waals surface area contributed by atoms with E-state index in [1.165, 1.54) is 6.08 Å². The molecule has 0 unspecified atom stereocenters. The highest BCUT2D eigenvalue weighted by molar-refractivity contribution is 7.98. The number of nitrogens with zero attached hydrogens (tertiary/aromatic N) is 3. The first-order valence-electron chi connectivity index (χ1n) is 7.49. The van der Waals surface area contributed by atoms with E-state index in [0.29, 0.717) is 10.9 Å². The Morgan fingerprint density at radius 2 is 1.96 bits per heavy atom. The molecular formula is C18H15N3O3S. The molecule has 0 saturated carbocycles. The van der Waals surface area contributed by atoms with Crippen molar-refractivity contribution in [2.75, 3.05) is 6.26 Å². The first kappa shape index (κ1) is 16.9. The molecule has 0 N–H and O–H groups in total. The number of hydrogen-bond acceptors (Lipinski definition) is 6. The second-order valence-electron chi connectivity index (χ2n) is 5.11. The van der Waals surface area contributed by atoms with Gasteiger partial charge in [-0.1, -0.05) is 29.5 Å². The Hall–Kier alpha value is -2.93. The molecule has 3 rings (SSSR count). The number of thioether (sulfide) groups is 1. The predicted octanol–water partition coefficient (Wildman–Crippen LogP) is 2.73. The summed E-state index contributed by atoms with van der Waals surface area (Å²) in [5.41, 5.74) is 1.04. The van der Waals surface area contributed by atoms with Crippen LogP contribution in [0, 0.1) is 0 Å². The Morgan fingerprint density at radius 3 is 2.72 bits per heavy atom. The minimum atomic E-state index is -0.559. The Labute approximate surface area is 148 Å². The molecule has 0 aliphatic carbocycles. The van der Waals surface area contributed by atoms with Crippen molar-refractivity contribution in [3.8, 4) is 0 Å². The van der Waals surface area contributed by atoms with Crippen molar-refractivity contribution < 1.29 is 9.53 Å². The molecule has 0 amide bonds. The Morgan fingerprint density at radius 1 is 1.20 bits per heavy atom. The zero-order valence-corrected chi connectivity index (χ0v) is 14.3. The maximum Gasteiger partial charge on any atom is 0.332 e. The van der Waals surface area contributed by atoms with Gasteiger partial charge in [0, 0.05) is 11.0 Å². The van der Waals surface area contributed by atoms with Crippen molar-refractivity contribution in [3.63, 3.8) is 0 Å². The SMILES string of the molecule is CSc1ccc(C=CC(=O)OCn2nnc3ccccc3c2=O)cc1. The van der Waals surface area contributed by atoms with E-state index >= 15 is 0 Å². The number of fused-ring (bicyclic) bond motifs is 1. The van der Waals surface area contributed by atoms with Crippen molar-refractivity contribution >= 4 is 34.7 Å². The lowest BCUT2D eigenvalue weighted by Crippen LogP contribution is -2.26. The fourth-order valence-corrected chi connectivity index (χ4v) is 2.57. The number of benzene rings is 2. The topological polar surface area (TPSA) is 74.1 Å². The molecule has 1 heterocycles. The third-order valence-electron chi connectivity index (χ3n) is 3.49. The van der Waals surface area contributed by atoms with E-state index in [-0.39, 0.29) is 12.3 Å². The number of carbonyl (C=O) groups is 1. The summed E-state index contributed by atoms with van der Waals surface area (Å²) in [6.45, 7) is -0.286. The highest BCUT2D eigenvalue weighted by atomic mass is 32.2. The zero-order valence-electron chi connectivity index (χ0n) is 13.5. The largest absolute Gasteiger partial charge is 0.439 e. The highest BCUT2D eigenvalue weighted by Crippen LogP contribution is 2.15. The van der Waals surface area contributed by atoms with Crippen molar-refractivity contribution in [2.45, 2.75) is 11.6 Å². The number of hydrogen-bond donors (Lipinski definition) is 0. The highest BCUT2D eigenvalue weighted by Gasteiger charge is 2.06. The molecule has 0 atom stereocenters. The molecular weight excluding hydrogens is 338 g/mol. The Balaban J connectivity index is 1.65. The summed E-state index contributed by atoms with van der Waals surface area (Å²) in [6, 6.07) is 14.6. The molecule has 1 aromatic heterocycles. The van der Waals surface area contributed by atoms with Crippen molar-refractivity contribution in [1.82, 2.24) is 15.0 Å². The lowest BCUT2D eigenvalue weighted by atomic mass is 10.2. The van der Waals surface area contributed by atoms with Gasteiger partial charge < -0.3 is 4.74 Å². The monoisotopic (exact) mass is 353 g/mol. The van der Waals surface area contributed by atoms with Crippen molar-refractivity contribution in [3.05, 3.63) is 70.5 Å². The molecule has 0 aliphatic rings. The number of rotatable bonds is 5. The van der Waals surface area contributed by atoms with Crippen LogP contribution >= 0.6 is 11.8 Å². The maximum atomic E-state index is 12.2. The Bertz CT molecular complexity index is 981. The van der Waals surface area contributed by atoms with E-state index in [1.807, 2.05) is 30.5 Å². The summed E-state index contributed by atoms with van der Waals surface area (Å²) >= 11 is 1.65.